The maximum absolute atomic E-state index is 4.51. The largest absolute Gasteiger partial charge is 0.358 e. The van der Waals surface area contributed by atoms with Crippen LogP contribution in [0.3, 0.4) is 0 Å². The minimum atomic E-state index is 0.638. The van der Waals surface area contributed by atoms with Crippen molar-refractivity contribution in [2.45, 2.75) is 32.1 Å². The summed E-state index contributed by atoms with van der Waals surface area (Å²) < 4.78 is 0. The molecule has 0 spiro atoms. The van der Waals surface area contributed by atoms with Crippen LogP contribution in [0.4, 0.5) is 5.82 Å². The summed E-state index contributed by atoms with van der Waals surface area (Å²) in [6.07, 6.45) is 7.03. The Hall–Kier alpha value is -2.73. The number of H-pyrrole nitrogens is 1. The molecule has 130 valence electrons. The van der Waals surface area contributed by atoms with E-state index in [1.54, 1.807) is 17.7 Å². The van der Waals surface area contributed by atoms with Crippen molar-refractivity contribution in [3.05, 3.63) is 52.8 Å². The Morgan fingerprint density at radius 1 is 1.27 bits per heavy atom. The lowest BCUT2D eigenvalue weighted by molar-refractivity contribution is 1.06. The third-order valence-electron chi connectivity index (χ3n) is 4.86. The molecule has 6 heteroatoms. The molecule has 4 aromatic rings. The molecule has 26 heavy (non-hydrogen) atoms. The first kappa shape index (κ1) is 15.5. The third kappa shape index (κ3) is 2.66. The van der Waals surface area contributed by atoms with Crippen LogP contribution in [0.5, 0.6) is 0 Å². The van der Waals surface area contributed by atoms with E-state index in [4.69, 9.17) is 0 Å². The molecule has 0 aliphatic heterocycles. The second-order valence-electron chi connectivity index (χ2n) is 6.65. The number of nitrogens with one attached hydrogen (secondary N) is 2. The molecular formula is C20H19N5S. The Labute approximate surface area is 155 Å². The van der Waals surface area contributed by atoms with Crippen molar-refractivity contribution in [1.82, 2.24) is 15.0 Å². The molecule has 0 amide bonds. The molecule has 1 saturated carbocycles. The van der Waals surface area contributed by atoms with Gasteiger partial charge in [0.05, 0.1) is 11.6 Å². The van der Waals surface area contributed by atoms with E-state index in [0.717, 1.165) is 22.5 Å². The van der Waals surface area contributed by atoms with Crippen LogP contribution >= 0.6 is 11.3 Å². The quantitative estimate of drug-likeness (QED) is 0.386. The second-order valence-corrected chi connectivity index (χ2v) is 7.76. The first-order valence-corrected chi connectivity index (χ1v) is 9.78. The third-order valence-corrected chi connectivity index (χ3v) is 6.04. The number of hydrazone groups is 1. The zero-order valence-electron chi connectivity index (χ0n) is 14.5. The number of nitrogens with zero attached hydrogens (tertiary/aromatic N) is 3. The van der Waals surface area contributed by atoms with Gasteiger partial charge < -0.3 is 4.98 Å². The summed E-state index contributed by atoms with van der Waals surface area (Å²) in [5.74, 6) is 1.40. The summed E-state index contributed by atoms with van der Waals surface area (Å²) in [5, 5.41) is 6.76. The van der Waals surface area contributed by atoms with Gasteiger partial charge >= 0.3 is 0 Å². The second kappa shape index (κ2) is 6.21. The van der Waals surface area contributed by atoms with Crippen LogP contribution in [0.1, 0.15) is 41.8 Å². The highest BCUT2D eigenvalue weighted by atomic mass is 32.1. The van der Waals surface area contributed by atoms with E-state index in [9.17, 15) is 0 Å². The van der Waals surface area contributed by atoms with Gasteiger partial charge in [-0.1, -0.05) is 25.1 Å². The first-order valence-electron chi connectivity index (χ1n) is 8.96. The highest BCUT2D eigenvalue weighted by Gasteiger charge is 2.28. The fourth-order valence-electron chi connectivity index (χ4n) is 3.34. The molecule has 1 aliphatic rings. The van der Waals surface area contributed by atoms with Crippen molar-refractivity contribution >= 4 is 44.5 Å². The Balaban J connectivity index is 1.49. The summed E-state index contributed by atoms with van der Waals surface area (Å²) >= 11 is 1.71. The van der Waals surface area contributed by atoms with Crippen molar-refractivity contribution in [2.24, 2.45) is 5.10 Å². The van der Waals surface area contributed by atoms with Gasteiger partial charge in [-0.3, -0.25) is 5.43 Å². The average Bonchev–Trinajstić information content (AvgIpc) is 3.32. The number of anilines is 1. The van der Waals surface area contributed by atoms with E-state index in [1.165, 1.54) is 39.9 Å². The minimum Gasteiger partial charge on any atom is -0.358 e. The molecule has 5 nitrogen and oxygen atoms in total. The van der Waals surface area contributed by atoms with Gasteiger partial charge in [0.1, 0.15) is 11.2 Å². The van der Waals surface area contributed by atoms with E-state index >= 15 is 0 Å². The zero-order valence-corrected chi connectivity index (χ0v) is 15.3. The highest BCUT2D eigenvalue weighted by molar-refractivity contribution is 7.18. The van der Waals surface area contributed by atoms with Crippen LogP contribution in [0.2, 0.25) is 0 Å². The predicted molar refractivity (Wildman–Crippen MR) is 108 cm³/mol. The molecule has 0 bridgehead atoms. The van der Waals surface area contributed by atoms with Crippen molar-refractivity contribution in [3.8, 4) is 0 Å². The molecule has 1 fully saturated rings. The number of rotatable bonds is 5. The van der Waals surface area contributed by atoms with Gasteiger partial charge in [0.2, 0.25) is 0 Å². The molecule has 1 aromatic carbocycles. The smallest absolute Gasteiger partial charge is 0.158 e. The van der Waals surface area contributed by atoms with Crippen LogP contribution in [0.25, 0.3) is 21.1 Å². The SMILES string of the molecule is CCc1cc2c(N/N=C/c3c(C4CC4)[nH]c4ccccc34)ncnc2s1. The zero-order chi connectivity index (χ0) is 17.5. The van der Waals surface area contributed by atoms with Crippen LogP contribution in [0, 0.1) is 0 Å². The van der Waals surface area contributed by atoms with E-state index in [2.05, 4.69) is 62.7 Å². The molecule has 2 N–H and O–H groups in total. The van der Waals surface area contributed by atoms with Crippen LogP contribution in [-0.2, 0) is 6.42 Å². The van der Waals surface area contributed by atoms with Gasteiger partial charge in [0, 0.05) is 27.0 Å². The fraction of sp³-hybridized carbons (Fsp3) is 0.250. The molecule has 0 unspecified atom stereocenters. The number of fused-ring (bicyclic) bond motifs is 2. The number of para-hydroxylation sites is 1. The summed E-state index contributed by atoms with van der Waals surface area (Å²) in [6.45, 7) is 2.15. The van der Waals surface area contributed by atoms with E-state index in [1.807, 2.05) is 6.21 Å². The topological polar surface area (TPSA) is 66.0 Å². The van der Waals surface area contributed by atoms with Crippen LogP contribution in [-0.4, -0.2) is 21.2 Å². The molecule has 3 aromatic heterocycles. The predicted octanol–water partition coefficient (Wildman–Crippen LogP) is 5.06. The number of benzene rings is 1. The number of aromatic amines is 1. The summed E-state index contributed by atoms with van der Waals surface area (Å²) in [6, 6.07) is 10.6. The van der Waals surface area contributed by atoms with Gasteiger partial charge in [0.15, 0.2) is 5.82 Å². The van der Waals surface area contributed by atoms with Crippen molar-refractivity contribution in [1.29, 1.82) is 0 Å². The number of hydrogen-bond acceptors (Lipinski definition) is 5. The van der Waals surface area contributed by atoms with Gasteiger partial charge in [-0.25, -0.2) is 9.97 Å². The van der Waals surface area contributed by atoms with Gasteiger partial charge in [-0.05, 0) is 37.3 Å². The van der Waals surface area contributed by atoms with Gasteiger partial charge in [-0.15, -0.1) is 11.3 Å². The summed E-state index contributed by atoms with van der Waals surface area (Å²) in [5.41, 5.74) is 6.78. The van der Waals surface area contributed by atoms with E-state index in [0.29, 0.717) is 5.92 Å². The summed E-state index contributed by atoms with van der Waals surface area (Å²) in [4.78, 5) is 14.6. The normalized spacial score (nSPS) is 14.7. The Bertz CT molecular complexity index is 1120. The fourth-order valence-corrected chi connectivity index (χ4v) is 4.28. The summed E-state index contributed by atoms with van der Waals surface area (Å²) in [7, 11) is 0. The molecule has 0 saturated heterocycles. The molecule has 5 rings (SSSR count). The standard InChI is InChI=1S/C20H19N5S/c1-2-13-9-15-19(21-11-22-20(15)26-13)25-23-10-16-14-5-3-4-6-17(14)24-18(16)12-7-8-12/h3-6,9-12,24H,2,7-8H2,1H3,(H,21,22,25)/b23-10+. The Morgan fingerprint density at radius 3 is 3.00 bits per heavy atom. The monoisotopic (exact) mass is 361 g/mol. The van der Waals surface area contributed by atoms with Crippen molar-refractivity contribution in [3.63, 3.8) is 0 Å². The average molecular weight is 361 g/mol. The molecule has 0 atom stereocenters. The number of thiophene rings is 1. The highest BCUT2D eigenvalue weighted by Crippen LogP contribution is 2.42. The molecule has 1 aliphatic carbocycles. The van der Waals surface area contributed by atoms with E-state index < -0.39 is 0 Å². The maximum Gasteiger partial charge on any atom is 0.158 e. The van der Waals surface area contributed by atoms with E-state index in [-0.39, 0.29) is 0 Å². The number of aromatic nitrogens is 3. The number of aryl methyl sites for hydroxylation is 1. The minimum absolute atomic E-state index is 0.638. The maximum atomic E-state index is 4.51. The number of hydrogen-bond donors (Lipinski definition) is 2. The van der Waals surface area contributed by atoms with Gasteiger partial charge in [-0.2, -0.15) is 5.10 Å². The lowest BCUT2D eigenvalue weighted by Gasteiger charge is -2.01. The van der Waals surface area contributed by atoms with Gasteiger partial charge in [0.25, 0.3) is 0 Å². The molecular weight excluding hydrogens is 342 g/mol. The lowest BCUT2D eigenvalue weighted by atomic mass is 10.1. The van der Waals surface area contributed by atoms with Crippen LogP contribution in [0.15, 0.2) is 41.8 Å². The van der Waals surface area contributed by atoms with Crippen molar-refractivity contribution in [2.75, 3.05) is 5.43 Å². The molecule has 0 radical (unpaired) electrons. The first-order chi connectivity index (χ1) is 12.8. The Kier molecular flexibility index (Phi) is 3.71. The molecule has 3 heterocycles. The lowest BCUT2D eigenvalue weighted by Crippen LogP contribution is -1.96. The Morgan fingerprint density at radius 2 is 2.15 bits per heavy atom. The van der Waals surface area contributed by atoms with Crippen LogP contribution < -0.4 is 5.43 Å². The van der Waals surface area contributed by atoms with Crippen molar-refractivity contribution < 1.29 is 0 Å².